The van der Waals surface area contributed by atoms with Crippen molar-refractivity contribution in [2.45, 2.75) is 38.5 Å². The molecule has 1 aliphatic heterocycles. The van der Waals surface area contributed by atoms with Gasteiger partial charge in [0.05, 0.1) is 18.0 Å². The Kier molecular flexibility index (Phi) is 9.24. The summed E-state index contributed by atoms with van der Waals surface area (Å²) in [7, 11) is 1.49. The molecule has 39 heavy (non-hydrogen) atoms. The number of piperidine rings is 1. The SMILES string of the molecule is COc1ccc2ncc(CF)c([C@H](F)CCC3(C(=O)NO)CCN(CCNc4cc(F)cc(F)c4)CC3)c2c1. The summed E-state index contributed by atoms with van der Waals surface area (Å²) in [4.78, 5) is 19.1. The van der Waals surface area contributed by atoms with E-state index in [1.165, 1.54) is 25.4 Å². The lowest BCUT2D eigenvalue weighted by atomic mass is 9.73. The van der Waals surface area contributed by atoms with Gasteiger partial charge >= 0.3 is 0 Å². The second-order valence-electron chi connectivity index (χ2n) is 9.87. The summed E-state index contributed by atoms with van der Waals surface area (Å²) < 4.78 is 61.7. The van der Waals surface area contributed by atoms with E-state index in [1.54, 1.807) is 23.7 Å². The van der Waals surface area contributed by atoms with Gasteiger partial charge in [-0.05, 0) is 69.1 Å². The number of benzene rings is 2. The third-order valence-corrected chi connectivity index (χ3v) is 7.55. The number of methoxy groups -OCH3 is 1. The van der Waals surface area contributed by atoms with Gasteiger partial charge in [0.15, 0.2) is 0 Å². The van der Waals surface area contributed by atoms with E-state index in [0.717, 1.165) is 6.07 Å². The summed E-state index contributed by atoms with van der Waals surface area (Å²) in [6.07, 6.45) is 0.615. The molecule has 11 heteroatoms. The molecule has 0 saturated carbocycles. The number of rotatable bonds is 11. The molecular formula is C28H32F4N4O3. The quantitative estimate of drug-likeness (QED) is 0.167. The van der Waals surface area contributed by atoms with Gasteiger partial charge in [0.25, 0.3) is 0 Å². The molecule has 0 aliphatic carbocycles. The van der Waals surface area contributed by atoms with Crippen LogP contribution in [0.4, 0.5) is 23.2 Å². The molecule has 1 atom stereocenters. The average molecular weight is 549 g/mol. The Morgan fingerprint density at radius 1 is 1.18 bits per heavy atom. The minimum absolute atomic E-state index is 0.0521. The van der Waals surface area contributed by atoms with Crippen LogP contribution in [0, 0.1) is 17.0 Å². The van der Waals surface area contributed by atoms with Gasteiger partial charge in [0, 0.05) is 47.6 Å². The van der Waals surface area contributed by atoms with Gasteiger partial charge in [0.2, 0.25) is 5.91 Å². The summed E-state index contributed by atoms with van der Waals surface area (Å²) in [6.45, 7) is 1.12. The van der Waals surface area contributed by atoms with Crippen molar-refractivity contribution < 1.29 is 32.3 Å². The number of carbonyl (C=O) groups is 1. The Hall–Kier alpha value is -3.44. The van der Waals surface area contributed by atoms with Crippen LogP contribution in [0.2, 0.25) is 0 Å². The number of ether oxygens (including phenoxy) is 1. The topological polar surface area (TPSA) is 86.7 Å². The lowest BCUT2D eigenvalue weighted by Gasteiger charge is -2.40. The first-order valence-electron chi connectivity index (χ1n) is 12.8. The van der Waals surface area contributed by atoms with Crippen LogP contribution in [0.15, 0.2) is 42.6 Å². The molecule has 2 aromatic carbocycles. The summed E-state index contributed by atoms with van der Waals surface area (Å²) >= 11 is 0. The van der Waals surface area contributed by atoms with Crippen LogP contribution >= 0.6 is 0 Å². The number of alkyl halides is 2. The first-order chi connectivity index (χ1) is 18.8. The molecular weight excluding hydrogens is 516 g/mol. The first kappa shape index (κ1) is 28.6. The first-order valence-corrected chi connectivity index (χ1v) is 12.8. The van der Waals surface area contributed by atoms with Crippen LogP contribution in [0.25, 0.3) is 10.9 Å². The number of aromatic nitrogens is 1. The number of anilines is 1. The number of carbonyl (C=O) groups excluding carboxylic acids is 1. The highest BCUT2D eigenvalue weighted by Gasteiger charge is 2.41. The van der Waals surface area contributed by atoms with Gasteiger partial charge in [0.1, 0.15) is 30.2 Å². The van der Waals surface area contributed by atoms with Crippen LogP contribution in [0.5, 0.6) is 5.75 Å². The highest BCUT2D eigenvalue weighted by atomic mass is 19.1. The molecule has 7 nitrogen and oxygen atoms in total. The summed E-state index contributed by atoms with van der Waals surface area (Å²) in [5.74, 6) is -1.41. The highest BCUT2D eigenvalue weighted by molar-refractivity contribution is 5.85. The van der Waals surface area contributed by atoms with Crippen molar-refractivity contribution in [1.29, 1.82) is 0 Å². The Balaban J connectivity index is 1.41. The largest absolute Gasteiger partial charge is 0.497 e. The summed E-state index contributed by atoms with van der Waals surface area (Å²) in [5.41, 5.74) is 1.93. The van der Waals surface area contributed by atoms with Gasteiger partial charge in [-0.25, -0.2) is 23.0 Å². The number of nitrogens with zero attached hydrogens (tertiary/aromatic N) is 2. The lowest BCUT2D eigenvalue weighted by Crippen LogP contribution is -2.49. The predicted molar refractivity (Wildman–Crippen MR) is 139 cm³/mol. The molecule has 0 radical (unpaired) electrons. The third kappa shape index (κ3) is 6.59. The number of pyridine rings is 1. The van der Waals surface area contributed by atoms with Gasteiger partial charge in [-0.3, -0.25) is 15.0 Å². The predicted octanol–water partition coefficient (Wildman–Crippen LogP) is 5.48. The second kappa shape index (κ2) is 12.6. The van der Waals surface area contributed by atoms with Crippen LogP contribution in [0.1, 0.15) is 43.0 Å². The zero-order valence-corrected chi connectivity index (χ0v) is 21.7. The Bertz CT molecular complexity index is 1280. The number of hydroxylamine groups is 1. The molecule has 1 saturated heterocycles. The molecule has 3 N–H and O–H groups in total. The standard InChI is InChI=1S/C28H32F4N4O3/c1-39-22-2-3-25-23(15-22)26(18(16-29)17-34-25)24(32)4-5-28(27(37)35-38)6-9-36(10-7-28)11-8-33-21-13-19(30)12-20(31)14-21/h2-3,12-15,17,24,33,38H,4-11,16H2,1H3,(H,35,37)/t24-/m1/s1. The molecule has 0 spiro atoms. The van der Waals surface area contributed by atoms with E-state index >= 15 is 4.39 Å². The van der Waals surface area contributed by atoms with Crippen LogP contribution in [-0.4, -0.2) is 54.3 Å². The molecule has 1 fully saturated rings. The molecule has 4 rings (SSSR count). The zero-order chi connectivity index (χ0) is 28.0. The molecule has 2 heterocycles. The smallest absolute Gasteiger partial charge is 0.249 e. The fourth-order valence-electron chi connectivity index (χ4n) is 5.31. The van der Waals surface area contributed by atoms with Gasteiger partial charge < -0.3 is 15.0 Å². The highest BCUT2D eigenvalue weighted by Crippen LogP contribution is 2.41. The fraction of sp³-hybridized carbons (Fsp3) is 0.429. The van der Waals surface area contributed by atoms with E-state index in [-0.39, 0.29) is 24.0 Å². The Morgan fingerprint density at radius 2 is 1.90 bits per heavy atom. The average Bonchev–Trinajstić information content (AvgIpc) is 2.94. The lowest BCUT2D eigenvalue weighted by molar-refractivity contribution is -0.143. The minimum Gasteiger partial charge on any atom is -0.497 e. The minimum atomic E-state index is -1.56. The molecule has 1 aromatic heterocycles. The van der Waals surface area contributed by atoms with Crippen molar-refractivity contribution in [3.63, 3.8) is 0 Å². The van der Waals surface area contributed by atoms with E-state index in [4.69, 9.17) is 4.74 Å². The van der Waals surface area contributed by atoms with Crippen molar-refractivity contribution in [2.75, 3.05) is 38.6 Å². The van der Waals surface area contributed by atoms with E-state index < -0.39 is 35.8 Å². The maximum Gasteiger partial charge on any atom is 0.249 e. The van der Waals surface area contributed by atoms with E-state index in [2.05, 4.69) is 15.2 Å². The van der Waals surface area contributed by atoms with Crippen molar-refractivity contribution in [3.05, 3.63) is 65.4 Å². The number of fused-ring (bicyclic) bond motifs is 1. The van der Waals surface area contributed by atoms with E-state index in [0.29, 0.717) is 61.4 Å². The number of nitrogens with one attached hydrogen (secondary N) is 2. The van der Waals surface area contributed by atoms with E-state index in [1.807, 2.05) is 0 Å². The number of amides is 1. The van der Waals surface area contributed by atoms with Gasteiger partial charge in [-0.2, -0.15) is 0 Å². The monoisotopic (exact) mass is 548 g/mol. The fourth-order valence-corrected chi connectivity index (χ4v) is 5.31. The number of halogens is 4. The molecule has 0 bridgehead atoms. The van der Waals surface area contributed by atoms with Crippen molar-refractivity contribution >= 4 is 22.5 Å². The van der Waals surface area contributed by atoms with Gasteiger partial charge in [-0.15, -0.1) is 0 Å². The number of hydrogen-bond acceptors (Lipinski definition) is 6. The Labute approximate surface area is 224 Å². The Morgan fingerprint density at radius 3 is 2.54 bits per heavy atom. The zero-order valence-electron chi connectivity index (χ0n) is 21.7. The molecule has 0 unspecified atom stereocenters. The van der Waals surface area contributed by atoms with Crippen molar-refractivity contribution in [1.82, 2.24) is 15.4 Å². The normalized spacial score (nSPS) is 16.2. The van der Waals surface area contributed by atoms with Crippen molar-refractivity contribution in [3.8, 4) is 5.75 Å². The summed E-state index contributed by atoms with van der Waals surface area (Å²) in [5, 5.41) is 12.9. The summed E-state index contributed by atoms with van der Waals surface area (Å²) in [6, 6.07) is 8.23. The maximum absolute atomic E-state index is 15.8. The molecule has 3 aromatic rings. The maximum atomic E-state index is 15.8. The number of likely N-dealkylation sites (tertiary alicyclic amines) is 1. The second-order valence-corrected chi connectivity index (χ2v) is 9.87. The molecule has 210 valence electrons. The van der Waals surface area contributed by atoms with Crippen LogP contribution in [0.3, 0.4) is 0 Å². The van der Waals surface area contributed by atoms with Gasteiger partial charge in [-0.1, -0.05) is 0 Å². The van der Waals surface area contributed by atoms with Crippen LogP contribution in [-0.2, 0) is 11.5 Å². The molecule has 1 amide bonds. The van der Waals surface area contributed by atoms with E-state index in [9.17, 15) is 23.2 Å². The van der Waals surface area contributed by atoms with Crippen LogP contribution < -0.4 is 15.5 Å². The third-order valence-electron chi connectivity index (χ3n) is 7.55. The molecule has 1 aliphatic rings. The number of hydrogen-bond donors (Lipinski definition) is 3. The van der Waals surface area contributed by atoms with Crippen molar-refractivity contribution in [2.24, 2.45) is 5.41 Å².